The molecular weight excluding hydrogens is 372 g/mol. The molecule has 0 radical (unpaired) electrons. The van der Waals surface area contributed by atoms with Crippen molar-refractivity contribution in [2.75, 3.05) is 14.1 Å². The predicted octanol–water partition coefficient (Wildman–Crippen LogP) is 0.982. The van der Waals surface area contributed by atoms with E-state index in [4.69, 9.17) is 0 Å². The molecule has 0 saturated heterocycles. The molecule has 0 amide bonds. The van der Waals surface area contributed by atoms with E-state index in [1.54, 1.807) is 6.20 Å². The Morgan fingerprint density at radius 1 is 1.25 bits per heavy atom. The van der Waals surface area contributed by atoms with Gasteiger partial charge >= 0.3 is 0 Å². The Kier molecular flexibility index (Phi) is 3.15. The maximum atomic E-state index is 4.56. The van der Waals surface area contributed by atoms with E-state index < -0.39 is 0 Å². The molecule has 3 heterocycles. The summed E-state index contributed by atoms with van der Waals surface area (Å²) in [7, 11) is 4.17. The number of rotatable bonds is 0. The molecule has 0 fully saturated rings. The largest absolute Gasteiger partial charge is 0.442 e. The van der Waals surface area contributed by atoms with Crippen LogP contribution >= 0.6 is 0 Å². The number of fused-ring (bicyclic) bond motifs is 3. The van der Waals surface area contributed by atoms with Crippen molar-refractivity contribution in [1.29, 1.82) is 0 Å². The first kappa shape index (κ1) is 11.8. The fourth-order valence-corrected chi connectivity index (χ4v) is 2.07. The third-order valence-corrected chi connectivity index (χ3v) is 3.05. The Hall–Kier alpha value is -0.702. The number of aromatic nitrogens is 2. The molecule has 2 aromatic rings. The summed E-state index contributed by atoms with van der Waals surface area (Å²) in [5, 5.41) is 5.58. The van der Waals surface area contributed by atoms with Gasteiger partial charge < -0.3 is 9.97 Å². The van der Waals surface area contributed by atoms with E-state index in [9.17, 15) is 0 Å². The normalized spacial score (nSPS) is 17.1. The molecule has 0 spiro atoms. The Morgan fingerprint density at radius 3 is 2.81 bits per heavy atom. The van der Waals surface area contributed by atoms with Crippen LogP contribution in [0.1, 0.15) is 11.3 Å². The van der Waals surface area contributed by atoms with Gasteiger partial charge in [-0.3, -0.25) is 0 Å². The number of hydrogen-bond acceptors (Lipinski definition) is 3. The van der Waals surface area contributed by atoms with Gasteiger partial charge in [-0.1, -0.05) is 24.0 Å². The molecule has 0 atom stereocenters. The minimum atomic E-state index is 0. The molecule has 1 aliphatic heterocycles. The van der Waals surface area contributed by atoms with E-state index in [0.29, 0.717) is 0 Å². The summed E-state index contributed by atoms with van der Waals surface area (Å²) in [5.74, 6) is 0. The minimum Gasteiger partial charge on any atom is -0.442 e. The molecule has 0 bridgehead atoms. The van der Waals surface area contributed by atoms with Crippen molar-refractivity contribution in [3.05, 3.63) is 29.6 Å². The van der Waals surface area contributed by atoms with E-state index in [1.807, 2.05) is 6.07 Å². The van der Waals surface area contributed by atoms with Gasteiger partial charge in [-0.2, -0.15) is 0 Å². The molecule has 1 aliphatic rings. The number of nitrogens with zero attached hydrogens (tertiary/aromatic N) is 4. The second kappa shape index (κ2) is 4.28. The second-order valence-corrected chi connectivity index (χ2v) is 4.04. The summed E-state index contributed by atoms with van der Waals surface area (Å²) in [5.41, 5.74) is 3.38. The quantitative estimate of drug-likeness (QED) is 0.678. The van der Waals surface area contributed by atoms with Gasteiger partial charge in [0, 0.05) is 48.3 Å². The zero-order chi connectivity index (χ0) is 10.4. The van der Waals surface area contributed by atoms with E-state index in [2.05, 4.69) is 40.1 Å². The van der Waals surface area contributed by atoms with Crippen molar-refractivity contribution in [3.63, 3.8) is 0 Å². The summed E-state index contributed by atoms with van der Waals surface area (Å²) in [6.45, 7) is 1.80. The summed E-state index contributed by atoms with van der Waals surface area (Å²) in [6.07, 6.45) is 1.80. The smallest absolute Gasteiger partial charge is 0.0386 e. The number of hydrazine groups is 1. The molecular formula is C11H13N4W-. The maximum absolute atomic E-state index is 4.56. The molecule has 16 heavy (non-hydrogen) atoms. The van der Waals surface area contributed by atoms with Gasteiger partial charge in [0.05, 0.1) is 0 Å². The van der Waals surface area contributed by atoms with Gasteiger partial charge in [-0.05, 0) is 16.6 Å². The van der Waals surface area contributed by atoms with Gasteiger partial charge in [-0.15, -0.1) is 0 Å². The monoisotopic (exact) mass is 385 g/mol. The standard InChI is InChI=1S/C11H13N4.W/c1-14-6-9-8-4-3-5-12-11(8)13-10(9)7-15(14)2;/h3-5H,6-7H2,1-2H3;/q-1;. The van der Waals surface area contributed by atoms with Gasteiger partial charge in [0.1, 0.15) is 0 Å². The Morgan fingerprint density at radius 2 is 2.00 bits per heavy atom. The van der Waals surface area contributed by atoms with Crippen LogP contribution < -0.4 is 4.98 Å². The van der Waals surface area contributed by atoms with Crippen LogP contribution in [0.5, 0.6) is 0 Å². The summed E-state index contributed by atoms with van der Waals surface area (Å²) in [6, 6.07) is 4.08. The third-order valence-electron chi connectivity index (χ3n) is 3.05. The van der Waals surface area contributed by atoms with Crippen LogP contribution in [0.2, 0.25) is 0 Å². The first-order valence-electron chi connectivity index (χ1n) is 5.07. The zero-order valence-electron chi connectivity index (χ0n) is 9.34. The predicted molar refractivity (Wildman–Crippen MR) is 58.0 cm³/mol. The van der Waals surface area contributed by atoms with Crippen LogP contribution in [0.4, 0.5) is 0 Å². The molecule has 2 aromatic heterocycles. The van der Waals surface area contributed by atoms with Gasteiger partial charge in [-0.25, -0.2) is 10.0 Å². The van der Waals surface area contributed by atoms with Crippen LogP contribution in [0, 0.1) is 0 Å². The molecule has 0 unspecified atom stereocenters. The SMILES string of the molecule is CN1Cc2[n-]c3ncccc3c2CN1C.[W]. The Labute approximate surface area is 109 Å². The Balaban J connectivity index is 0.000000963. The molecule has 0 aliphatic carbocycles. The van der Waals surface area contributed by atoms with E-state index >= 15 is 0 Å². The number of pyridine rings is 1. The summed E-state index contributed by atoms with van der Waals surface area (Å²) >= 11 is 0. The first-order chi connectivity index (χ1) is 7.25. The van der Waals surface area contributed by atoms with Gasteiger partial charge in [0.2, 0.25) is 0 Å². The van der Waals surface area contributed by atoms with Crippen molar-refractivity contribution < 1.29 is 21.1 Å². The molecule has 3 rings (SSSR count). The topological polar surface area (TPSA) is 33.5 Å². The average molecular weight is 385 g/mol. The molecule has 0 aromatic carbocycles. The second-order valence-electron chi connectivity index (χ2n) is 4.04. The third kappa shape index (κ3) is 1.71. The minimum absolute atomic E-state index is 0. The van der Waals surface area contributed by atoms with E-state index in [-0.39, 0.29) is 21.1 Å². The molecule has 0 saturated carbocycles. The van der Waals surface area contributed by atoms with Gasteiger partial charge in [0.25, 0.3) is 0 Å². The van der Waals surface area contributed by atoms with Crippen LogP contribution in [0.25, 0.3) is 11.0 Å². The van der Waals surface area contributed by atoms with Crippen molar-refractivity contribution in [1.82, 2.24) is 20.0 Å². The molecule has 0 N–H and O–H groups in total. The first-order valence-corrected chi connectivity index (χ1v) is 5.07. The maximum Gasteiger partial charge on any atom is 0.0386 e. The van der Waals surface area contributed by atoms with Crippen LogP contribution in [0.15, 0.2) is 18.3 Å². The van der Waals surface area contributed by atoms with E-state index in [1.165, 1.54) is 16.6 Å². The average Bonchev–Trinajstić information content (AvgIpc) is 2.57. The fraction of sp³-hybridized carbons (Fsp3) is 0.364. The molecule has 5 heteroatoms. The van der Waals surface area contributed by atoms with Crippen LogP contribution in [-0.4, -0.2) is 29.1 Å². The number of hydrogen-bond donors (Lipinski definition) is 0. The van der Waals surface area contributed by atoms with Crippen molar-refractivity contribution in [2.24, 2.45) is 0 Å². The van der Waals surface area contributed by atoms with Crippen LogP contribution in [-0.2, 0) is 34.2 Å². The van der Waals surface area contributed by atoms with Gasteiger partial charge in [0.15, 0.2) is 0 Å². The molecule has 84 valence electrons. The summed E-state index contributed by atoms with van der Waals surface area (Å²) < 4.78 is 0. The summed E-state index contributed by atoms with van der Waals surface area (Å²) in [4.78, 5) is 8.85. The Bertz CT molecular complexity index is 508. The van der Waals surface area contributed by atoms with Crippen molar-refractivity contribution in [3.8, 4) is 0 Å². The van der Waals surface area contributed by atoms with Crippen molar-refractivity contribution >= 4 is 11.0 Å². The zero-order valence-corrected chi connectivity index (χ0v) is 12.3. The van der Waals surface area contributed by atoms with Crippen molar-refractivity contribution in [2.45, 2.75) is 13.1 Å². The molecule has 4 nitrogen and oxygen atoms in total. The van der Waals surface area contributed by atoms with E-state index in [0.717, 1.165) is 18.7 Å². The van der Waals surface area contributed by atoms with Crippen LogP contribution in [0.3, 0.4) is 0 Å². The fourth-order valence-electron chi connectivity index (χ4n) is 2.07.